The van der Waals surface area contributed by atoms with Crippen molar-refractivity contribution in [2.45, 2.75) is 39.7 Å². The number of hydrogen-bond donors (Lipinski definition) is 2. The van der Waals surface area contributed by atoms with Gasteiger partial charge in [-0.1, -0.05) is 20.8 Å². The lowest BCUT2D eigenvalue weighted by molar-refractivity contribution is -0.125. The predicted octanol–water partition coefficient (Wildman–Crippen LogP) is 1.15. The highest BCUT2D eigenvalue weighted by Crippen LogP contribution is 2.26. The summed E-state index contributed by atoms with van der Waals surface area (Å²) in [5, 5.41) is 6.26. The van der Waals surface area contributed by atoms with E-state index in [1.165, 1.54) is 0 Å². The largest absolute Gasteiger partial charge is 0.353 e. The van der Waals surface area contributed by atoms with E-state index in [0.717, 1.165) is 31.8 Å². The van der Waals surface area contributed by atoms with E-state index < -0.39 is 0 Å². The van der Waals surface area contributed by atoms with E-state index in [2.05, 4.69) is 24.5 Å². The minimum absolute atomic E-state index is 0.0888. The second kappa shape index (κ2) is 5.35. The molecule has 1 atom stereocenters. The molecule has 1 amide bonds. The van der Waals surface area contributed by atoms with Crippen molar-refractivity contribution in [3.05, 3.63) is 0 Å². The van der Waals surface area contributed by atoms with Crippen molar-refractivity contribution in [3.63, 3.8) is 0 Å². The van der Waals surface area contributed by atoms with Crippen LogP contribution in [0.1, 0.15) is 33.6 Å². The van der Waals surface area contributed by atoms with Gasteiger partial charge >= 0.3 is 0 Å². The van der Waals surface area contributed by atoms with Crippen LogP contribution >= 0.6 is 0 Å². The number of carbonyl (C=O) groups excluding carboxylic acids is 1. The molecule has 1 aliphatic rings. The Kier molecular flexibility index (Phi) is 4.39. The van der Waals surface area contributed by atoms with Crippen molar-refractivity contribution in [2.75, 3.05) is 13.1 Å². The van der Waals surface area contributed by atoms with Crippen LogP contribution in [0.25, 0.3) is 0 Å². The van der Waals surface area contributed by atoms with E-state index in [0.29, 0.717) is 6.04 Å². The number of amides is 1. The fourth-order valence-corrected chi connectivity index (χ4v) is 1.82. The van der Waals surface area contributed by atoms with Crippen molar-refractivity contribution in [3.8, 4) is 0 Å². The van der Waals surface area contributed by atoms with E-state index in [4.69, 9.17) is 0 Å². The Bertz CT molecular complexity index is 188. The molecule has 2 N–H and O–H groups in total. The van der Waals surface area contributed by atoms with Crippen molar-refractivity contribution in [2.24, 2.45) is 11.8 Å². The smallest absolute Gasteiger partial charge is 0.224 e. The van der Waals surface area contributed by atoms with Crippen molar-refractivity contribution in [1.82, 2.24) is 10.6 Å². The normalized spacial score (nSPS) is 27.9. The van der Waals surface area contributed by atoms with Gasteiger partial charge in [0, 0.05) is 18.5 Å². The molecule has 1 fully saturated rings. The van der Waals surface area contributed by atoms with Crippen LogP contribution in [-0.2, 0) is 4.79 Å². The molecular formula is C11H22N2O. The second-order valence-corrected chi connectivity index (χ2v) is 4.49. The van der Waals surface area contributed by atoms with Gasteiger partial charge in [-0.25, -0.2) is 0 Å². The van der Waals surface area contributed by atoms with Crippen LogP contribution < -0.4 is 10.6 Å². The topological polar surface area (TPSA) is 41.1 Å². The van der Waals surface area contributed by atoms with Crippen molar-refractivity contribution < 1.29 is 4.79 Å². The monoisotopic (exact) mass is 198 g/mol. The van der Waals surface area contributed by atoms with E-state index in [-0.39, 0.29) is 11.8 Å². The van der Waals surface area contributed by atoms with Crippen molar-refractivity contribution in [1.29, 1.82) is 0 Å². The van der Waals surface area contributed by atoms with Crippen LogP contribution in [0.15, 0.2) is 0 Å². The Balaban J connectivity index is 2.14. The molecule has 0 bridgehead atoms. The van der Waals surface area contributed by atoms with Crippen LogP contribution in [-0.4, -0.2) is 25.0 Å². The molecule has 1 aliphatic carbocycles. The molecule has 82 valence electrons. The van der Waals surface area contributed by atoms with Gasteiger partial charge in [-0.05, 0) is 25.3 Å². The molecule has 0 radical (unpaired) electrons. The zero-order valence-electron chi connectivity index (χ0n) is 9.47. The van der Waals surface area contributed by atoms with Crippen LogP contribution in [0.4, 0.5) is 0 Å². The summed E-state index contributed by atoms with van der Waals surface area (Å²) in [6, 6.07) is 0.446. The van der Waals surface area contributed by atoms with Gasteiger partial charge < -0.3 is 10.6 Å². The summed E-state index contributed by atoms with van der Waals surface area (Å²) < 4.78 is 0. The first-order chi connectivity index (χ1) is 6.63. The van der Waals surface area contributed by atoms with Gasteiger partial charge in [0.15, 0.2) is 0 Å². The van der Waals surface area contributed by atoms with Gasteiger partial charge in [-0.3, -0.25) is 4.79 Å². The maximum atomic E-state index is 11.6. The molecule has 0 saturated heterocycles. The summed E-state index contributed by atoms with van der Waals surface area (Å²) in [6.45, 7) is 7.96. The molecule has 0 spiro atoms. The second-order valence-electron chi connectivity index (χ2n) is 4.49. The fraction of sp³-hybridized carbons (Fsp3) is 0.909. The molecule has 0 heterocycles. The Morgan fingerprint density at radius 3 is 2.64 bits per heavy atom. The van der Waals surface area contributed by atoms with Gasteiger partial charge in [-0.15, -0.1) is 0 Å². The average Bonchev–Trinajstić information content (AvgIpc) is 2.11. The van der Waals surface area contributed by atoms with E-state index >= 15 is 0 Å². The van der Waals surface area contributed by atoms with Crippen LogP contribution in [0, 0.1) is 11.8 Å². The lowest BCUT2D eigenvalue weighted by Crippen LogP contribution is -2.46. The minimum atomic E-state index is 0.0888. The molecule has 14 heavy (non-hydrogen) atoms. The van der Waals surface area contributed by atoms with Gasteiger partial charge in [-0.2, -0.15) is 0 Å². The Morgan fingerprint density at radius 1 is 1.50 bits per heavy atom. The van der Waals surface area contributed by atoms with Crippen LogP contribution in [0.2, 0.25) is 0 Å². The van der Waals surface area contributed by atoms with Gasteiger partial charge in [0.2, 0.25) is 5.91 Å². The lowest BCUT2D eigenvalue weighted by Gasteiger charge is -2.34. The highest BCUT2D eigenvalue weighted by molar-refractivity contribution is 5.78. The molecule has 1 saturated carbocycles. The van der Waals surface area contributed by atoms with Gasteiger partial charge in [0.1, 0.15) is 0 Å². The zero-order chi connectivity index (χ0) is 10.6. The number of hydrogen-bond acceptors (Lipinski definition) is 2. The third kappa shape index (κ3) is 3.29. The first kappa shape index (κ1) is 11.5. The summed E-state index contributed by atoms with van der Waals surface area (Å²) in [5.74, 6) is 1.08. The molecular weight excluding hydrogens is 176 g/mol. The molecule has 3 heteroatoms. The van der Waals surface area contributed by atoms with E-state index in [1.54, 1.807) is 0 Å². The van der Waals surface area contributed by atoms with E-state index in [1.807, 2.05) is 6.92 Å². The maximum Gasteiger partial charge on any atom is 0.224 e. The third-order valence-corrected chi connectivity index (χ3v) is 2.87. The SMILES string of the molecule is CCNCC(C)C(=O)NC1CC(C)C1. The summed E-state index contributed by atoms with van der Waals surface area (Å²) in [6.07, 6.45) is 2.30. The molecule has 0 aromatic rings. The van der Waals surface area contributed by atoms with Gasteiger partial charge in [0.25, 0.3) is 0 Å². The Morgan fingerprint density at radius 2 is 2.14 bits per heavy atom. The summed E-state index contributed by atoms with van der Waals surface area (Å²) >= 11 is 0. The van der Waals surface area contributed by atoms with E-state index in [9.17, 15) is 4.79 Å². The molecule has 3 nitrogen and oxygen atoms in total. The molecule has 1 rings (SSSR count). The molecule has 1 unspecified atom stereocenters. The zero-order valence-corrected chi connectivity index (χ0v) is 9.47. The summed E-state index contributed by atoms with van der Waals surface area (Å²) in [5.41, 5.74) is 0. The first-order valence-electron chi connectivity index (χ1n) is 5.64. The van der Waals surface area contributed by atoms with Gasteiger partial charge in [0.05, 0.1) is 0 Å². The number of nitrogens with one attached hydrogen (secondary N) is 2. The molecule has 0 aromatic carbocycles. The average molecular weight is 198 g/mol. The highest BCUT2D eigenvalue weighted by atomic mass is 16.1. The van der Waals surface area contributed by atoms with Crippen LogP contribution in [0.5, 0.6) is 0 Å². The first-order valence-corrected chi connectivity index (χ1v) is 5.64. The summed E-state index contributed by atoms with van der Waals surface area (Å²) in [4.78, 5) is 11.6. The number of rotatable bonds is 5. The quantitative estimate of drug-likeness (QED) is 0.695. The van der Waals surface area contributed by atoms with Crippen molar-refractivity contribution >= 4 is 5.91 Å². The third-order valence-electron chi connectivity index (χ3n) is 2.87. The molecule has 0 aromatic heterocycles. The minimum Gasteiger partial charge on any atom is -0.353 e. The molecule has 0 aliphatic heterocycles. The predicted molar refractivity (Wildman–Crippen MR) is 58.0 cm³/mol. The lowest BCUT2D eigenvalue weighted by atomic mass is 9.81. The maximum absolute atomic E-state index is 11.6. The Labute approximate surface area is 86.6 Å². The Hall–Kier alpha value is -0.570. The highest BCUT2D eigenvalue weighted by Gasteiger charge is 2.27. The van der Waals surface area contributed by atoms with Crippen LogP contribution in [0.3, 0.4) is 0 Å². The fourth-order valence-electron chi connectivity index (χ4n) is 1.82. The number of carbonyl (C=O) groups is 1. The summed E-state index contributed by atoms with van der Waals surface area (Å²) in [7, 11) is 0. The standard InChI is InChI=1S/C11H22N2O/c1-4-12-7-9(3)11(14)13-10-5-8(2)6-10/h8-10,12H,4-7H2,1-3H3,(H,13,14).